The van der Waals surface area contributed by atoms with Crippen molar-refractivity contribution in [1.29, 1.82) is 0 Å². The number of benzene rings is 2. The normalized spacial score (nSPS) is 16.4. The first-order valence-corrected chi connectivity index (χ1v) is 10.0. The van der Waals surface area contributed by atoms with Gasteiger partial charge in [0, 0.05) is 22.2 Å². The third-order valence-electron chi connectivity index (χ3n) is 3.97. The number of aliphatic imine (C=N–C) groups is 1. The second kappa shape index (κ2) is 8.29. The van der Waals surface area contributed by atoms with Crippen LogP contribution in [0.15, 0.2) is 75.0 Å². The largest absolute Gasteiger partial charge is 0.457 e. The molecule has 0 spiro atoms. The molecule has 0 bridgehead atoms. The first-order valence-electron chi connectivity index (χ1n) is 8.44. The SMILES string of the molecule is O=C1NC(=NC(=O)c2ccccc2)S/C1=C\c1ccc(-c2ccc(Cl)cc2Cl)o1. The van der Waals surface area contributed by atoms with Crippen LogP contribution in [0.1, 0.15) is 16.1 Å². The fourth-order valence-electron chi connectivity index (χ4n) is 2.61. The van der Waals surface area contributed by atoms with E-state index in [1.54, 1.807) is 60.7 Å². The van der Waals surface area contributed by atoms with Crippen LogP contribution in [0, 0.1) is 0 Å². The van der Waals surface area contributed by atoms with Gasteiger partial charge in [-0.1, -0.05) is 41.4 Å². The molecule has 2 aromatic carbocycles. The lowest BCUT2D eigenvalue weighted by molar-refractivity contribution is -0.115. The smallest absolute Gasteiger partial charge is 0.279 e. The quantitative estimate of drug-likeness (QED) is 0.531. The molecule has 3 aromatic rings. The van der Waals surface area contributed by atoms with E-state index < -0.39 is 5.91 Å². The van der Waals surface area contributed by atoms with Crippen LogP contribution in [0.2, 0.25) is 10.0 Å². The van der Waals surface area contributed by atoms with E-state index in [1.165, 1.54) is 0 Å². The molecule has 8 heteroatoms. The third kappa shape index (κ3) is 4.45. The van der Waals surface area contributed by atoms with Gasteiger partial charge in [0.25, 0.3) is 11.8 Å². The van der Waals surface area contributed by atoms with Gasteiger partial charge in [0.15, 0.2) is 5.17 Å². The molecule has 0 atom stereocenters. The van der Waals surface area contributed by atoms with Gasteiger partial charge in [-0.15, -0.1) is 0 Å². The molecule has 5 nitrogen and oxygen atoms in total. The summed E-state index contributed by atoms with van der Waals surface area (Å²) in [5.74, 6) is 0.249. The number of amidine groups is 1. The maximum atomic E-state index is 12.2. The summed E-state index contributed by atoms with van der Waals surface area (Å²) in [6.07, 6.45) is 1.59. The Bertz CT molecular complexity index is 1170. The molecule has 29 heavy (non-hydrogen) atoms. The summed E-state index contributed by atoms with van der Waals surface area (Å²) >= 11 is 13.2. The monoisotopic (exact) mass is 442 g/mol. The predicted octanol–water partition coefficient (Wildman–Crippen LogP) is 5.65. The van der Waals surface area contributed by atoms with Crippen LogP contribution in [-0.2, 0) is 4.79 Å². The molecule has 2 heterocycles. The molecular formula is C21H12Cl2N2O3S. The molecule has 144 valence electrons. The van der Waals surface area contributed by atoms with Gasteiger partial charge in [-0.25, -0.2) is 0 Å². The number of nitrogens with one attached hydrogen (secondary N) is 1. The molecule has 1 aromatic heterocycles. The first-order chi connectivity index (χ1) is 14.0. The second-order valence-electron chi connectivity index (χ2n) is 5.98. The Kier molecular flexibility index (Phi) is 5.58. The maximum absolute atomic E-state index is 12.2. The Morgan fingerprint density at radius 1 is 1.07 bits per heavy atom. The Morgan fingerprint density at radius 3 is 2.62 bits per heavy atom. The molecule has 0 aliphatic carbocycles. The van der Waals surface area contributed by atoms with Crippen molar-refractivity contribution < 1.29 is 14.0 Å². The van der Waals surface area contributed by atoms with Gasteiger partial charge in [0.2, 0.25) is 0 Å². The van der Waals surface area contributed by atoms with Crippen molar-refractivity contribution in [3.8, 4) is 11.3 Å². The van der Waals surface area contributed by atoms with Gasteiger partial charge in [0.05, 0.1) is 9.93 Å². The third-order valence-corrected chi connectivity index (χ3v) is 5.43. The lowest BCUT2D eigenvalue weighted by Crippen LogP contribution is -2.20. The zero-order valence-corrected chi connectivity index (χ0v) is 17.0. The average molecular weight is 443 g/mol. The number of hydrogen-bond donors (Lipinski definition) is 1. The molecule has 4 rings (SSSR count). The zero-order chi connectivity index (χ0) is 20.4. The van der Waals surface area contributed by atoms with E-state index in [2.05, 4.69) is 10.3 Å². The number of nitrogens with zero attached hydrogens (tertiary/aromatic N) is 1. The van der Waals surface area contributed by atoms with Crippen LogP contribution >= 0.6 is 35.0 Å². The number of halogens is 2. The second-order valence-corrected chi connectivity index (χ2v) is 7.85. The van der Waals surface area contributed by atoms with Crippen molar-refractivity contribution in [3.63, 3.8) is 0 Å². The van der Waals surface area contributed by atoms with Gasteiger partial charge in [-0.05, 0) is 54.2 Å². The van der Waals surface area contributed by atoms with Crippen LogP contribution in [0.4, 0.5) is 0 Å². The molecule has 1 N–H and O–H groups in total. The molecule has 1 fully saturated rings. The van der Waals surface area contributed by atoms with Crippen LogP contribution < -0.4 is 5.32 Å². The van der Waals surface area contributed by atoms with Gasteiger partial charge < -0.3 is 9.73 Å². The summed E-state index contributed by atoms with van der Waals surface area (Å²) in [5, 5.41) is 3.81. The minimum absolute atomic E-state index is 0.225. The van der Waals surface area contributed by atoms with Crippen molar-refractivity contribution >= 4 is 58.0 Å². The van der Waals surface area contributed by atoms with Crippen molar-refractivity contribution in [1.82, 2.24) is 5.32 Å². The van der Waals surface area contributed by atoms with E-state index in [1.807, 2.05) is 6.07 Å². The van der Waals surface area contributed by atoms with Crippen LogP contribution in [0.25, 0.3) is 17.4 Å². The number of furan rings is 1. The Hall–Kier alpha value is -2.80. The summed E-state index contributed by atoms with van der Waals surface area (Å²) in [7, 11) is 0. The standard InChI is InChI=1S/C21H12Cl2N2O3S/c22-13-6-8-15(16(23)10-13)17-9-7-14(28-17)11-18-20(27)25-21(29-18)24-19(26)12-4-2-1-3-5-12/h1-11H,(H,24,25,26,27)/b18-11-. The molecule has 0 unspecified atom stereocenters. The minimum atomic E-state index is -0.424. The fraction of sp³-hybridized carbons (Fsp3) is 0. The molecule has 2 amide bonds. The topological polar surface area (TPSA) is 71.7 Å². The summed E-state index contributed by atoms with van der Waals surface area (Å²) < 4.78 is 5.78. The summed E-state index contributed by atoms with van der Waals surface area (Å²) in [6, 6.07) is 17.2. The number of thioether (sulfide) groups is 1. The van der Waals surface area contributed by atoms with E-state index in [4.69, 9.17) is 27.6 Å². The highest BCUT2D eigenvalue weighted by atomic mass is 35.5. The van der Waals surface area contributed by atoms with Crippen LogP contribution in [0.5, 0.6) is 0 Å². The van der Waals surface area contributed by atoms with Crippen LogP contribution in [-0.4, -0.2) is 17.0 Å². The molecule has 1 saturated heterocycles. The summed E-state index contributed by atoms with van der Waals surface area (Å²) in [5.41, 5.74) is 1.14. The number of carbonyl (C=O) groups is 2. The van der Waals surface area contributed by atoms with Crippen molar-refractivity contribution in [2.24, 2.45) is 4.99 Å². The van der Waals surface area contributed by atoms with Crippen molar-refractivity contribution in [2.75, 3.05) is 0 Å². The van der Waals surface area contributed by atoms with E-state index in [9.17, 15) is 9.59 Å². The number of rotatable bonds is 3. The molecule has 1 aliphatic rings. The number of hydrogen-bond acceptors (Lipinski definition) is 4. The zero-order valence-electron chi connectivity index (χ0n) is 14.7. The Labute approximate surface area is 180 Å². The highest BCUT2D eigenvalue weighted by Crippen LogP contribution is 2.33. The Morgan fingerprint density at radius 2 is 1.86 bits per heavy atom. The summed E-state index contributed by atoms with van der Waals surface area (Å²) in [4.78, 5) is 28.7. The minimum Gasteiger partial charge on any atom is -0.457 e. The van der Waals surface area contributed by atoms with Crippen molar-refractivity contribution in [3.05, 3.63) is 86.9 Å². The van der Waals surface area contributed by atoms with Gasteiger partial charge >= 0.3 is 0 Å². The summed E-state index contributed by atoms with van der Waals surface area (Å²) in [6.45, 7) is 0. The molecule has 1 aliphatic heterocycles. The van der Waals surface area contributed by atoms with E-state index in [0.717, 1.165) is 11.8 Å². The fourth-order valence-corrected chi connectivity index (χ4v) is 3.91. The lowest BCUT2D eigenvalue weighted by atomic mass is 10.2. The highest BCUT2D eigenvalue weighted by Gasteiger charge is 2.25. The van der Waals surface area contributed by atoms with E-state index >= 15 is 0 Å². The van der Waals surface area contributed by atoms with Crippen molar-refractivity contribution in [2.45, 2.75) is 0 Å². The number of carbonyl (C=O) groups excluding carboxylic acids is 2. The van der Waals surface area contributed by atoms with Gasteiger partial charge in [-0.3, -0.25) is 9.59 Å². The molecule has 0 radical (unpaired) electrons. The van der Waals surface area contributed by atoms with Gasteiger partial charge in [-0.2, -0.15) is 4.99 Å². The maximum Gasteiger partial charge on any atom is 0.279 e. The van der Waals surface area contributed by atoms with Gasteiger partial charge in [0.1, 0.15) is 11.5 Å². The van der Waals surface area contributed by atoms with Crippen LogP contribution in [0.3, 0.4) is 0 Å². The highest BCUT2D eigenvalue weighted by molar-refractivity contribution is 8.18. The molecular weight excluding hydrogens is 431 g/mol. The Balaban J connectivity index is 1.53. The molecule has 0 saturated carbocycles. The first kappa shape index (κ1) is 19.5. The van der Waals surface area contributed by atoms with E-state index in [-0.39, 0.29) is 11.1 Å². The number of amides is 2. The predicted molar refractivity (Wildman–Crippen MR) is 116 cm³/mol. The van der Waals surface area contributed by atoms with E-state index in [0.29, 0.717) is 37.6 Å². The lowest BCUT2D eigenvalue weighted by Gasteiger charge is -2.00. The average Bonchev–Trinajstić information content (AvgIpc) is 3.29.